The van der Waals surface area contributed by atoms with Crippen molar-refractivity contribution in [3.63, 3.8) is 0 Å². The molecule has 0 saturated carbocycles. The summed E-state index contributed by atoms with van der Waals surface area (Å²) in [5.41, 5.74) is 3.53. The Morgan fingerprint density at radius 3 is 2.47 bits per heavy atom. The molecule has 0 aliphatic carbocycles. The number of piperazine rings is 1. The van der Waals surface area contributed by atoms with Crippen LogP contribution >= 0.6 is 0 Å². The number of para-hydroxylation sites is 1. The summed E-state index contributed by atoms with van der Waals surface area (Å²) >= 11 is 0. The van der Waals surface area contributed by atoms with Gasteiger partial charge in [-0.2, -0.15) is 0 Å². The molecule has 1 aliphatic rings. The SMILES string of the molecule is Cc1cccc(C(=O)NC(C)C(=O)N2CCN(C(=O)Cc3c[nH]c4ccccc34)CC2)c1. The third-order valence-corrected chi connectivity index (χ3v) is 5.96. The van der Waals surface area contributed by atoms with Gasteiger partial charge in [-0.1, -0.05) is 35.9 Å². The Morgan fingerprint density at radius 2 is 1.72 bits per heavy atom. The number of aromatic nitrogens is 1. The summed E-state index contributed by atoms with van der Waals surface area (Å²) in [5, 5.41) is 3.85. The topological polar surface area (TPSA) is 85.5 Å². The predicted octanol–water partition coefficient (Wildman–Crippen LogP) is 2.51. The number of aryl methyl sites for hydroxylation is 1. The van der Waals surface area contributed by atoms with Crippen molar-refractivity contribution in [3.8, 4) is 0 Å². The third-order valence-electron chi connectivity index (χ3n) is 5.96. The van der Waals surface area contributed by atoms with E-state index in [1.807, 2.05) is 54.4 Å². The number of benzene rings is 2. The van der Waals surface area contributed by atoms with Gasteiger partial charge in [0.1, 0.15) is 6.04 Å². The van der Waals surface area contributed by atoms with Crippen LogP contribution in [0.2, 0.25) is 0 Å². The van der Waals surface area contributed by atoms with Gasteiger partial charge in [-0.3, -0.25) is 14.4 Å². The van der Waals surface area contributed by atoms with Crippen LogP contribution in [0.4, 0.5) is 0 Å². The number of carbonyl (C=O) groups is 3. The molecule has 0 spiro atoms. The Balaban J connectivity index is 1.29. The highest BCUT2D eigenvalue weighted by Crippen LogP contribution is 2.19. The van der Waals surface area contributed by atoms with Crippen LogP contribution in [0.15, 0.2) is 54.7 Å². The van der Waals surface area contributed by atoms with E-state index in [9.17, 15) is 14.4 Å². The van der Waals surface area contributed by atoms with E-state index in [2.05, 4.69) is 10.3 Å². The summed E-state index contributed by atoms with van der Waals surface area (Å²) < 4.78 is 0. The van der Waals surface area contributed by atoms with Crippen molar-refractivity contribution in [1.29, 1.82) is 0 Å². The molecule has 1 aliphatic heterocycles. The molecule has 3 amide bonds. The fourth-order valence-corrected chi connectivity index (χ4v) is 4.13. The van der Waals surface area contributed by atoms with E-state index in [-0.39, 0.29) is 17.7 Å². The largest absolute Gasteiger partial charge is 0.361 e. The van der Waals surface area contributed by atoms with Crippen LogP contribution in [-0.2, 0) is 16.0 Å². The molecular weight excluding hydrogens is 404 g/mol. The first-order valence-electron chi connectivity index (χ1n) is 10.9. The van der Waals surface area contributed by atoms with Gasteiger partial charge in [0.05, 0.1) is 6.42 Å². The molecule has 1 fully saturated rings. The fraction of sp³-hybridized carbons (Fsp3) is 0.320. The fourth-order valence-electron chi connectivity index (χ4n) is 4.13. The number of hydrogen-bond acceptors (Lipinski definition) is 3. The van der Waals surface area contributed by atoms with Gasteiger partial charge in [0.2, 0.25) is 11.8 Å². The number of nitrogens with one attached hydrogen (secondary N) is 2. The summed E-state index contributed by atoms with van der Waals surface area (Å²) in [4.78, 5) is 44.8. The molecule has 4 rings (SSSR count). The van der Waals surface area contributed by atoms with Gasteiger partial charge in [0.15, 0.2) is 0 Å². The molecule has 1 unspecified atom stereocenters. The van der Waals surface area contributed by atoms with E-state index >= 15 is 0 Å². The standard InChI is InChI=1S/C25H28N4O3/c1-17-6-5-7-19(14-17)24(31)27-18(2)25(32)29-12-10-28(11-13-29)23(30)15-20-16-26-22-9-4-3-8-21(20)22/h3-9,14,16,18,26H,10-13,15H2,1-2H3,(H,27,31). The zero-order chi connectivity index (χ0) is 22.7. The van der Waals surface area contributed by atoms with Crippen LogP contribution in [0.1, 0.15) is 28.4 Å². The maximum Gasteiger partial charge on any atom is 0.251 e. The Morgan fingerprint density at radius 1 is 1.00 bits per heavy atom. The molecule has 7 heteroatoms. The number of nitrogens with zero attached hydrogens (tertiary/aromatic N) is 2. The first kappa shape index (κ1) is 21.6. The van der Waals surface area contributed by atoms with E-state index in [0.717, 1.165) is 22.0 Å². The van der Waals surface area contributed by atoms with Crippen molar-refractivity contribution in [2.45, 2.75) is 26.3 Å². The van der Waals surface area contributed by atoms with Crippen LogP contribution in [0.25, 0.3) is 10.9 Å². The Hall–Kier alpha value is -3.61. The smallest absolute Gasteiger partial charge is 0.251 e. The van der Waals surface area contributed by atoms with E-state index in [4.69, 9.17) is 0 Å². The molecule has 2 N–H and O–H groups in total. The molecule has 1 aromatic heterocycles. The molecular formula is C25H28N4O3. The van der Waals surface area contributed by atoms with Gasteiger partial charge in [-0.05, 0) is 37.6 Å². The van der Waals surface area contributed by atoms with Crippen molar-refractivity contribution in [1.82, 2.24) is 20.1 Å². The number of H-pyrrole nitrogens is 1. The highest BCUT2D eigenvalue weighted by atomic mass is 16.2. The molecule has 7 nitrogen and oxygen atoms in total. The van der Waals surface area contributed by atoms with E-state index in [0.29, 0.717) is 38.2 Å². The lowest BCUT2D eigenvalue weighted by Gasteiger charge is -2.36. The van der Waals surface area contributed by atoms with Gasteiger partial charge in [0, 0.05) is 48.8 Å². The molecule has 2 heterocycles. The molecule has 0 bridgehead atoms. The summed E-state index contributed by atoms with van der Waals surface area (Å²) in [7, 11) is 0. The number of aromatic amines is 1. The lowest BCUT2D eigenvalue weighted by Crippen LogP contribution is -2.55. The number of amides is 3. The lowest BCUT2D eigenvalue weighted by atomic mass is 10.1. The highest BCUT2D eigenvalue weighted by molar-refractivity contribution is 5.97. The number of rotatable bonds is 5. The summed E-state index contributed by atoms with van der Waals surface area (Å²) in [6.45, 7) is 5.53. The minimum Gasteiger partial charge on any atom is -0.361 e. The Kier molecular flexibility index (Phi) is 6.25. The van der Waals surface area contributed by atoms with Gasteiger partial charge >= 0.3 is 0 Å². The average Bonchev–Trinajstić information content (AvgIpc) is 3.21. The summed E-state index contributed by atoms with van der Waals surface area (Å²) in [6.07, 6.45) is 2.22. The minimum atomic E-state index is -0.628. The molecule has 1 saturated heterocycles. The first-order valence-corrected chi connectivity index (χ1v) is 10.9. The second kappa shape index (κ2) is 9.26. The summed E-state index contributed by atoms with van der Waals surface area (Å²) in [6, 6.07) is 14.6. The normalized spacial score (nSPS) is 14.9. The second-order valence-electron chi connectivity index (χ2n) is 8.31. The van der Waals surface area contributed by atoms with E-state index < -0.39 is 6.04 Å². The first-order chi connectivity index (χ1) is 15.4. The predicted molar refractivity (Wildman–Crippen MR) is 123 cm³/mol. The number of fused-ring (bicyclic) bond motifs is 1. The van der Waals surface area contributed by atoms with Crippen LogP contribution in [0.3, 0.4) is 0 Å². The molecule has 0 radical (unpaired) electrons. The second-order valence-corrected chi connectivity index (χ2v) is 8.31. The van der Waals surface area contributed by atoms with Gasteiger partial charge in [-0.15, -0.1) is 0 Å². The highest BCUT2D eigenvalue weighted by Gasteiger charge is 2.28. The van der Waals surface area contributed by atoms with Crippen LogP contribution in [0.5, 0.6) is 0 Å². The van der Waals surface area contributed by atoms with Crippen molar-refractivity contribution in [2.75, 3.05) is 26.2 Å². The molecule has 3 aromatic rings. The number of hydrogen-bond donors (Lipinski definition) is 2. The molecule has 32 heavy (non-hydrogen) atoms. The quantitative estimate of drug-likeness (QED) is 0.650. The van der Waals surface area contributed by atoms with Crippen LogP contribution in [-0.4, -0.2) is 64.7 Å². The third kappa shape index (κ3) is 4.66. The van der Waals surface area contributed by atoms with Gasteiger partial charge in [0.25, 0.3) is 5.91 Å². The van der Waals surface area contributed by atoms with Crippen molar-refractivity contribution in [3.05, 3.63) is 71.4 Å². The minimum absolute atomic E-state index is 0.0580. The van der Waals surface area contributed by atoms with Crippen molar-refractivity contribution >= 4 is 28.6 Å². The maximum atomic E-state index is 12.8. The summed E-state index contributed by atoms with van der Waals surface area (Å²) in [5.74, 6) is -0.334. The van der Waals surface area contributed by atoms with E-state index in [1.165, 1.54) is 0 Å². The molecule has 1 atom stereocenters. The van der Waals surface area contributed by atoms with Gasteiger partial charge < -0.3 is 20.1 Å². The van der Waals surface area contributed by atoms with E-state index in [1.54, 1.807) is 24.0 Å². The van der Waals surface area contributed by atoms with Crippen LogP contribution < -0.4 is 5.32 Å². The maximum absolute atomic E-state index is 12.8. The Labute approximate surface area is 187 Å². The molecule has 2 aromatic carbocycles. The molecule has 166 valence electrons. The zero-order valence-corrected chi connectivity index (χ0v) is 18.4. The van der Waals surface area contributed by atoms with Gasteiger partial charge in [-0.25, -0.2) is 0 Å². The number of carbonyl (C=O) groups excluding carboxylic acids is 3. The monoisotopic (exact) mass is 432 g/mol. The van der Waals surface area contributed by atoms with Crippen LogP contribution in [0, 0.1) is 6.92 Å². The lowest BCUT2D eigenvalue weighted by molar-refractivity contribution is -0.140. The zero-order valence-electron chi connectivity index (χ0n) is 18.4. The Bertz CT molecular complexity index is 1140. The average molecular weight is 433 g/mol. The van der Waals surface area contributed by atoms with Crippen molar-refractivity contribution < 1.29 is 14.4 Å². The van der Waals surface area contributed by atoms with Crippen molar-refractivity contribution in [2.24, 2.45) is 0 Å².